The topological polar surface area (TPSA) is 75.7 Å². The van der Waals surface area contributed by atoms with Crippen molar-refractivity contribution in [1.82, 2.24) is 9.62 Å². The number of thiophene rings is 1. The summed E-state index contributed by atoms with van der Waals surface area (Å²) in [7, 11) is -3.15. The van der Waals surface area contributed by atoms with Crippen molar-refractivity contribution in [2.75, 3.05) is 32.5 Å². The summed E-state index contributed by atoms with van der Waals surface area (Å²) in [5, 5.41) is 4.02. The zero-order chi connectivity index (χ0) is 17.9. The average Bonchev–Trinajstić information content (AvgIpc) is 3.06. The Kier molecular flexibility index (Phi) is 5.82. The normalized spacial score (nSPS) is 23.7. The van der Waals surface area contributed by atoms with E-state index < -0.39 is 10.0 Å². The van der Waals surface area contributed by atoms with E-state index in [1.165, 1.54) is 6.26 Å². The highest BCUT2D eigenvalue weighted by molar-refractivity contribution is 7.88. The van der Waals surface area contributed by atoms with Gasteiger partial charge in [0.1, 0.15) is 0 Å². The minimum Gasteiger partial charge on any atom is -0.375 e. The average molecular weight is 387 g/mol. The molecule has 1 atom stereocenters. The molecular formula is C17H26N2O4S2. The summed E-state index contributed by atoms with van der Waals surface area (Å²) >= 11 is 1.61. The summed E-state index contributed by atoms with van der Waals surface area (Å²) in [6.07, 6.45) is 5.07. The Morgan fingerprint density at radius 1 is 1.44 bits per heavy atom. The van der Waals surface area contributed by atoms with Gasteiger partial charge in [-0.15, -0.1) is 0 Å². The van der Waals surface area contributed by atoms with E-state index in [0.29, 0.717) is 25.5 Å². The molecule has 3 rings (SSSR count). The van der Waals surface area contributed by atoms with Gasteiger partial charge in [-0.05, 0) is 54.0 Å². The molecule has 2 saturated heterocycles. The fourth-order valence-electron chi connectivity index (χ4n) is 3.76. The maximum Gasteiger partial charge on any atom is 0.227 e. The van der Waals surface area contributed by atoms with E-state index in [1.807, 2.05) is 21.7 Å². The van der Waals surface area contributed by atoms with Crippen LogP contribution in [0.3, 0.4) is 0 Å². The molecule has 0 aromatic carbocycles. The van der Waals surface area contributed by atoms with Gasteiger partial charge in [-0.3, -0.25) is 4.79 Å². The quantitative estimate of drug-likeness (QED) is 0.835. The molecular weight excluding hydrogens is 360 g/mol. The second-order valence-corrected chi connectivity index (χ2v) is 9.81. The maximum absolute atomic E-state index is 12.4. The molecule has 3 heterocycles. The molecule has 8 heteroatoms. The Morgan fingerprint density at radius 2 is 2.20 bits per heavy atom. The van der Waals surface area contributed by atoms with Gasteiger partial charge in [-0.25, -0.2) is 13.1 Å². The number of sulfonamides is 1. The number of carbonyl (C=O) groups excluding carboxylic acids is 1. The van der Waals surface area contributed by atoms with Crippen LogP contribution >= 0.6 is 11.3 Å². The SMILES string of the molecule is CS(=O)(=O)NCC1CCOC2(CCN(C(=O)Cc3ccsc3)CC2)C1. The fourth-order valence-corrected chi connectivity index (χ4v) is 4.97. The molecule has 1 aromatic rings. The lowest BCUT2D eigenvalue weighted by atomic mass is 9.79. The number of nitrogens with one attached hydrogen (secondary N) is 1. The van der Waals surface area contributed by atoms with E-state index in [9.17, 15) is 13.2 Å². The van der Waals surface area contributed by atoms with Gasteiger partial charge in [-0.2, -0.15) is 11.3 Å². The predicted octanol–water partition coefficient (Wildman–Crippen LogP) is 1.63. The van der Waals surface area contributed by atoms with Crippen molar-refractivity contribution in [1.29, 1.82) is 0 Å². The Bertz CT molecular complexity index is 680. The predicted molar refractivity (Wildman–Crippen MR) is 98.1 cm³/mol. The number of likely N-dealkylation sites (tertiary alicyclic amines) is 1. The fraction of sp³-hybridized carbons (Fsp3) is 0.706. The summed E-state index contributed by atoms with van der Waals surface area (Å²) < 4.78 is 31.3. The van der Waals surface area contributed by atoms with Gasteiger partial charge in [0.05, 0.1) is 18.3 Å². The van der Waals surface area contributed by atoms with E-state index >= 15 is 0 Å². The molecule has 1 aromatic heterocycles. The first kappa shape index (κ1) is 18.8. The summed E-state index contributed by atoms with van der Waals surface area (Å²) in [6, 6.07) is 2.00. The van der Waals surface area contributed by atoms with Crippen LogP contribution in [0.15, 0.2) is 16.8 Å². The lowest BCUT2D eigenvalue weighted by molar-refractivity contribution is -0.146. The molecule has 2 aliphatic rings. The summed E-state index contributed by atoms with van der Waals surface area (Å²) in [5.74, 6) is 0.482. The molecule has 140 valence electrons. The number of ether oxygens (including phenoxy) is 1. The van der Waals surface area contributed by atoms with Gasteiger partial charge in [-0.1, -0.05) is 0 Å². The molecule has 25 heavy (non-hydrogen) atoms. The number of rotatable bonds is 5. The minimum atomic E-state index is -3.15. The van der Waals surface area contributed by atoms with E-state index in [4.69, 9.17) is 4.74 Å². The standard InChI is InChI=1S/C17H26N2O4S2/c1-25(21,22)18-12-15-2-8-23-17(11-15)4-6-19(7-5-17)16(20)10-14-3-9-24-13-14/h3,9,13,15,18H,2,4-8,10-12H2,1H3. The number of piperidine rings is 1. The molecule has 1 amide bonds. The highest BCUT2D eigenvalue weighted by Crippen LogP contribution is 2.37. The third kappa shape index (κ3) is 5.26. The Labute approximate surface area is 153 Å². The van der Waals surface area contributed by atoms with E-state index in [1.54, 1.807) is 11.3 Å². The van der Waals surface area contributed by atoms with Gasteiger partial charge in [0.2, 0.25) is 15.9 Å². The van der Waals surface area contributed by atoms with Crippen LogP contribution in [-0.2, 0) is 26.0 Å². The highest BCUT2D eigenvalue weighted by atomic mass is 32.2. The van der Waals surface area contributed by atoms with Crippen molar-refractivity contribution >= 4 is 27.3 Å². The van der Waals surface area contributed by atoms with Crippen molar-refractivity contribution in [3.63, 3.8) is 0 Å². The van der Waals surface area contributed by atoms with Gasteiger partial charge in [0, 0.05) is 26.2 Å². The first-order valence-corrected chi connectivity index (χ1v) is 11.6. The van der Waals surface area contributed by atoms with Crippen molar-refractivity contribution in [2.24, 2.45) is 5.92 Å². The molecule has 0 radical (unpaired) electrons. The maximum atomic E-state index is 12.4. The molecule has 1 N–H and O–H groups in total. The Morgan fingerprint density at radius 3 is 2.84 bits per heavy atom. The van der Waals surface area contributed by atoms with Crippen molar-refractivity contribution < 1.29 is 17.9 Å². The first-order chi connectivity index (χ1) is 11.9. The van der Waals surface area contributed by atoms with E-state index in [-0.39, 0.29) is 11.5 Å². The third-order valence-electron chi connectivity index (χ3n) is 5.19. The second kappa shape index (κ2) is 7.73. The highest BCUT2D eigenvalue weighted by Gasteiger charge is 2.41. The van der Waals surface area contributed by atoms with Crippen molar-refractivity contribution in [2.45, 2.75) is 37.7 Å². The first-order valence-electron chi connectivity index (χ1n) is 8.73. The van der Waals surface area contributed by atoms with Gasteiger partial charge in [0.15, 0.2) is 0 Å². The molecule has 1 spiro atoms. The molecule has 2 aliphatic heterocycles. The summed E-state index contributed by atoms with van der Waals surface area (Å²) in [5.41, 5.74) is 0.887. The largest absolute Gasteiger partial charge is 0.375 e. The van der Waals surface area contributed by atoms with Crippen molar-refractivity contribution in [3.05, 3.63) is 22.4 Å². The summed E-state index contributed by atoms with van der Waals surface area (Å²) in [4.78, 5) is 14.4. The van der Waals surface area contributed by atoms with Crippen LogP contribution in [0, 0.1) is 5.92 Å². The lowest BCUT2D eigenvalue weighted by Crippen LogP contribution is -2.52. The smallest absolute Gasteiger partial charge is 0.227 e. The third-order valence-corrected chi connectivity index (χ3v) is 6.62. The number of nitrogens with zero attached hydrogens (tertiary/aromatic N) is 1. The van der Waals surface area contributed by atoms with Crippen LogP contribution in [0.2, 0.25) is 0 Å². The van der Waals surface area contributed by atoms with Crippen LogP contribution in [0.4, 0.5) is 0 Å². The molecule has 2 fully saturated rings. The molecule has 0 saturated carbocycles. The van der Waals surface area contributed by atoms with Crippen LogP contribution in [0.1, 0.15) is 31.2 Å². The summed E-state index contributed by atoms with van der Waals surface area (Å²) in [6.45, 7) is 2.58. The zero-order valence-corrected chi connectivity index (χ0v) is 16.2. The Balaban J connectivity index is 1.50. The minimum absolute atomic E-state index is 0.180. The number of hydrogen-bond acceptors (Lipinski definition) is 5. The number of hydrogen-bond donors (Lipinski definition) is 1. The zero-order valence-electron chi connectivity index (χ0n) is 14.6. The van der Waals surface area contributed by atoms with E-state index in [0.717, 1.165) is 44.3 Å². The van der Waals surface area contributed by atoms with Crippen LogP contribution < -0.4 is 4.72 Å². The van der Waals surface area contributed by atoms with Gasteiger partial charge >= 0.3 is 0 Å². The van der Waals surface area contributed by atoms with Crippen LogP contribution in [0.5, 0.6) is 0 Å². The van der Waals surface area contributed by atoms with E-state index in [2.05, 4.69) is 4.72 Å². The molecule has 0 aliphatic carbocycles. The van der Waals surface area contributed by atoms with Crippen LogP contribution in [0.25, 0.3) is 0 Å². The molecule has 0 bridgehead atoms. The van der Waals surface area contributed by atoms with Gasteiger partial charge < -0.3 is 9.64 Å². The molecule has 6 nitrogen and oxygen atoms in total. The van der Waals surface area contributed by atoms with Gasteiger partial charge in [0.25, 0.3) is 0 Å². The van der Waals surface area contributed by atoms with Crippen LogP contribution in [-0.4, -0.2) is 57.3 Å². The Hall–Kier alpha value is -0.960. The number of carbonyl (C=O) groups is 1. The number of amides is 1. The molecule has 1 unspecified atom stereocenters. The van der Waals surface area contributed by atoms with Crippen molar-refractivity contribution in [3.8, 4) is 0 Å². The lowest BCUT2D eigenvalue weighted by Gasteiger charge is -2.46. The second-order valence-electron chi connectivity index (χ2n) is 7.20. The monoisotopic (exact) mass is 386 g/mol.